The van der Waals surface area contributed by atoms with Gasteiger partial charge >= 0.3 is 0 Å². The predicted octanol–water partition coefficient (Wildman–Crippen LogP) is 3.99. The van der Waals surface area contributed by atoms with Crippen molar-refractivity contribution in [3.8, 4) is 0 Å². The predicted molar refractivity (Wildman–Crippen MR) is 106 cm³/mol. The van der Waals surface area contributed by atoms with Crippen molar-refractivity contribution in [2.45, 2.75) is 20.0 Å². The third-order valence-electron chi connectivity index (χ3n) is 4.91. The first kappa shape index (κ1) is 17.0. The molecule has 3 aromatic rings. The van der Waals surface area contributed by atoms with E-state index in [4.69, 9.17) is 4.74 Å². The van der Waals surface area contributed by atoms with Gasteiger partial charge in [0.25, 0.3) is 0 Å². The molecule has 2 heterocycles. The van der Waals surface area contributed by atoms with Crippen LogP contribution in [0.3, 0.4) is 0 Å². The van der Waals surface area contributed by atoms with Gasteiger partial charge < -0.3 is 10.1 Å². The number of ether oxygens (including phenoxy) is 1. The van der Waals surface area contributed by atoms with Crippen LogP contribution < -0.4 is 5.32 Å². The highest BCUT2D eigenvalue weighted by Gasteiger charge is 2.10. The fourth-order valence-electron chi connectivity index (χ4n) is 3.39. The van der Waals surface area contributed by atoms with Gasteiger partial charge in [0.05, 0.1) is 18.7 Å². The second kappa shape index (κ2) is 7.85. The summed E-state index contributed by atoms with van der Waals surface area (Å²) >= 11 is 0. The topological polar surface area (TPSA) is 37.4 Å². The smallest absolute Gasteiger partial charge is 0.0722 e. The summed E-state index contributed by atoms with van der Waals surface area (Å²) in [5.41, 5.74) is 6.06. The maximum Gasteiger partial charge on any atom is 0.0722 e. The first-order valence-electron chi connectivity index (χ1n) is 9.25. The Bertz CT molecular complexity index is 870. The van der Waals surface area contributed by atoms with Crippen molar-refractivity contribution in [1.82, 2.24) is 9.88 Å². The van der Waals surface area contributed by atoms with Crippen molar-refractivity contribution in [1.29, 1.82) is 0 Å². The average molecular weight is 347 g/mol. The fraction of sp³-hybridized carbons (Fsp3) is 0.318. The minimum atomic E-state index is 0.810. The number of nitrogens with zero attached hydrogens (tertiary/aromatic N) is 2. The number of fused-ring (bicyclic) bond motifs is 1. The largest absolute Gasteiger partial charge is 0.380 e. The summed E-state index contributed by atoms with van der Waals surface area (Å²) in [6.45, 7) is 7.68. The molecule has 0 spiro atoms. The van der Waals surface area contributed by atoms with Crippen molar-refractivity contribution < 1.29 is 4.74 Å². The highest BCUT2D eigenvalue weighted by molar-refractivity contribution is 5.91. The molecule has 0 radical (unpaired) electrons. The van der Waals surface area contributed by atoms with E-state index in [0.29, 0.717) is 0 Å². The Labute approximate surface area is 154 Å². The van der Waals surface area contributed by atoms with E-state index in [2.05, 4.69) is 70.7 Å². The number of aromatic nitrogens is 1. The van der Waals surface area contributed by atoms with E-state index in [-0.39, 0.29) is 0 Å². The van der Waals surface area contributed by atoms with Crippen LogP contribution in [0.1, 0.15) is 16.7 Å². The van der Waals surface area contributed by atoms with Gasteiger partial charge in [-0.25, -0.2) is 0 Å². The maximum absolute atomic E-state index is 5.41. The molecule has 0 bridgehead atoms. The average Bonchev–Trinajstić information content (AvgIpc) is 2.68. The van der Waals surface area contributed by atoms with Crippen LogP contribution in [-0.4, -0.2) is 36.2 Å². The molecule has 1 fully saturated rings. The Morgan fingerprint density at radius 1 is 1.00 bits per heavy atom. The van der Waals surface area contributed by atoms with E-state index in [9.17, 15) is 0 Å². The molecule has 1 aliphatic heterocycles. The van der Waals surface area contributed by atoms with Gasteiger partial charge in [-0.05, 0) is 36.2 Å². The first-order chi connectivity index (χ1) is 12.8. The quantitative estimate of drug-likeness (QED) is 0.757. The molecule has 1 aromatic heterocycles. The van der Waals surface area contributed by atoms with Crippen LogP contribution in [0.2, 0.25) is 0 Å². The monoisotopic (exact) mass is 347 g/mol. The van der Waals surface area contributed by atoms with E-state index in [1.54, 1.807) is 0 Å². The maximum atomic E-state index is 5.41. The van der Waals surface area contributed by atoms with Crippen LogP contribution in [0.15, 0.2) is 54.7 Å². The zero-order valence-corrected chi connectivity index (χ0v) is 15.2. The van der Waals surface area contributed by atoms with Gasteiger partial charge in [0, 0.05) is 43.4 Å². The van der Waals surface area contributed by atoms with Crippen molar-refractivity contribution in [2.75, 3.05) is 31.6 Å². The Morgan fingerprint density at radius 3 is 2.58 bits per heavy atom. The second-order valence-electron chi connectivity index (χ2n) is 6.94. The SMILES string of the molecule is Cc1ccc2nccc(NCc3ccc(CN4CCOCC4)cc3)c2c1. The summed E-state index contributed by atoms with van der Waals surface area (Å²) in [5, 5.41) is 4.74. The summed E-state index contributed by atoms with van der Waals surface area (Å²) in [4.78, 5) is 6.90. The number of nitrogens with one attached hydrogen (secondary N) is 1. The molecule has 4 rings (SSSR count). The molecule has 0 atom stereocenters. The lowest BCUT2D eigenvalue weighted by Crippen LogP contribution is -2.35. The number of benzene rings is 2. The minimum Gasteiger partial charge on any atom is -0.380 e. The number of hydrogen-bond acceptors (Lipinski definition) is 4. The molecule has 0 unspecified atom stereocenters. The Morgan fingerprint density at radius 2 is 1.77 bits per heavy atom. The highest BCUT2D eigenvalue weighted by atomic mass is 16.5. The Kier molecular flexibility index (Phi) is 5.14. The summed E-state index contributed by atoms with van der Waals surface area (Å²) in [6.07, 6.45) is 1.87. The molecular formula is C22H25N3O. The van der Waals surface area contributed by atoms with Gasteiger partial charge in [0.2, 0.25) is 0 Å². The third-order valence-corrected chi connectivity index (χ3v) is 4.91. The number of hydrogen-bond donors (Lipinski definition) is 1. The molecule has 4 nitrogen and oxygen atoms in total. The second-order valence-corrected chi connectivity index (χ2v) is 6.94. The molecule has 1 aliphatic rings. The molecule has 0 amide bonds. The highest BCUT2D eigenvalue weighted by Crippen LogP contribution is 2.23. The number of aryl methyl sites for hydroxylation is 1. The van der Waals surface area contributed by atoms with E-state index in [1.165, 1.54) is 22.1 Å². The van der Waals surface area contributed by atoms with Gasteiger partial charge in [-0.3, -0.25) is 9.88 Å². The van der Waals surface area contributed by atoms with E-state index >= 15 is 0 Å². The molecule has 1 N–H and O–H groups in total. The van der Waals surface area contributed by atoms with Crippen LogP contribution in [0.25, 0.3) is 10.9 Å². The molecule has 0 aliphatic carbocycles. The van der Waals surface area contributed by atoms with Gasteiger partial charge in [-0.1, -0.05) is 35.9 Å². The first-order valence-corrected chi connectivity index (χ1v) is 9.25. The Balaban J connectivity index is 1.41. The van der Waals surface area contributed by atoms with Gasteiger partial charge in [0.1, 0.15) is 0 Å². The zero-order valence-electron chi connectivity index (χ0n) is 15.2. The third kappa shape index (κ3) is 4.03. The molecule has 26 heavy (non-hydrogen) atoms. The lowest BCUT2D eigenvalue weighted by atomic mass is 10.1. The fourth-order valence-corrected chi connectivity index (χ4v) is 3.39. The summed E-state index contributed by atoms with van der Waals surface area (Å²) in [7, 11) is 0. The van der Waals surface area contributed by atoms with E-state index in [0.717, 1.165) is 50.6 Å². The van der Waals surface area contributed by atoms with Gasteiger partial charge in [-0.2, -0.15) is 0 Å². The van der Waals surface area contributed by atoms with Crippen molar-refractivity contribution >= 4 is 16.6 Å². The minimum absolute atomic E-state index is 0.810. The molecular weight excluding hydrogens is 322 g/mol. The van der Waals surface area contributed by atoms with E-state index < -0.39 is 0 Å². The number of anilines is 1. The van der Waals surface area contributed by atoms with Crippen molar-refractivity contribution in [3.05, 3.63) is 71.4 Å². The van der Waals surface area contributed by atoms with Crippen LogP contribution in [-0.2, 0) is 17.8 Å². The number of rotatable bonds is 5. The van der Waals surface area contributed by atoms with Crippen LogP contribution in [0.5, 0.6) is 0 Å². The molecule has 2 aromatic carbocycles. The van der Waals surface area contributed by atoms with Crippen molar-refractivity contribution in [2.24, 2.45) is 0 Å². The standard InChI is InChI=1S/C22H25N3O/c1-17-2-7-21-20(14-17)22(8-9-23-21)24-15-18-3-5-19(6-4-18)16-25-10-12-26-13-11-25/h2-9,14H,10-13,15-16H2,1H3,(H,23,24). The normalized spacial score (nSPS) is 15.3. The van der Waals surface area contributed by atoms with Crippen molar-refractivity contribution in [3.63, 3.8) is 0 Å². The van der Waals surface area contributed by atoms with Gasteiger partial charge in [-0.15, -0.1) is 0 Å². The molecule has 1 saturated heterocycles. The molecule has 4 heteroatoms. The van der Waals surface area contributed by atoms with Gasteiger partial charge in [0.15, 0.2) is 0 Å². The van der Waals surface area contributed by atoms with Crippen LogP contribution in [0.4, 0.5) is 5.69 Å². The van der Waals surface area contributed by atoms with E-state index in [1.807, 2.05) is 6.20 Å². The lowest BCUT2D eigenvalue weighted by Gasteiger charge is -2.26. The summed E-state index contributed by atoms with van der Waals surface area (Å²) in [5.74, 6) is 0. The summed E-state index contributed by atoms with van der Waals surface area (Å²) < 4.78 is 5.41. The van der Waals surface area contributed by atoms with Crippen LogP contribution >= 0.6 is 0 Å². The molecule has 0 saturated carbocycles. The zero-order chi connectivity index (χ0) is 17.8. The number of morpholine rings is 1. The Hall–Kier alpha value is -2.43. The van der Waals surface area contributed by atoms with Crippen LogP contribution in [0, 0.1) is 6.92 Å². The summed E-state index contributed by atoms with van der Waals surface area (Å²) in [6, 6.07) is 17.3. The molecule has 134 valence electrons. The lowest BCUT2D eigenvalue weighted by molar-refractivity contribution is 0.0342. The number of pyridine rings is 1.